The van der Waals surface area contributed by atoms with Crippen molar-refractivity contribution in [1.29, 1.82) is 0 Å². The summed E-state index contributed by atoms with van der Waals surface area (Å²) in [5.41, 5.74) is 5.69. The minimum atomic E-state index is -1.20. The van der Waals surface area contributed by atoms with Crippen molar-refractivity contribution in [3.05, 3.63) is 35.9 Å². The van der Waals surface area contributed by atoms with Gasteiger partial charge in [-0.15, -0.1) is 0 Å². The third-order valence-corrected chi connectivity index (χ3v) is 2.26. The molecular formula is C12H18N2O2. The van der Waals surface area contributed by atoms with Crippen molar-refractivity contribution in [1.82, 2.24) is 5.32 Å². The fraction of sp³-hybridized carbons (Fsp3) is 0.417. The van der Waals surface area contributed by atoms with E-state index in [4.69, 9.17) is 5.73 Å². The molecule has 1 rings (SSSR count). The summed E-state index contributed by atoms with van der Waals surface area (Å²) < 4.78 is 0. The molecule has 4 heteroatoms. The summed E-state index contributed by atoms with van der Waals surface area (Å²) in [6, 6.07) is 9.50. The van der Waals surface area contributed by atoms with Gasteiger partial charge in [0.05, 0.1) is 0 Å². The van der Waals surface area contributed by atoms with E-state index in [2.05, 4.69) is 5.32 Å². The van der Waals surface area contributed by atoms with Crippen LogP contribution in [0.2, 0.25) is 0 Å². The van der Waals surface area contributed by atoms with E-state index < -0.39 is 17.6 Å². The third kappa shape index (κ3) is 3.64. The summed E-state index contributed by atoms with van der Waals surface area (Å²) in [5, 5.41) is 12.2. The average Bonchev–Trinajstić information content (AvgIpc) is 2.25. The van der Waals surface area contributed by atoms with E-state index in [9.17, 15) is 9.90 Å². The number of nitrogens with two attached hydrogens (primary N) is 1. The second-order valence-electron chi connectivity index (χ2n) is 4.43. The predicted octanol–water partition coefficient (Wildman–Crippen LogP) is 0.401. The van der Waals surface area contributed by atoms with Crippen LogP contribution in [0, 0.1) is 0 Å². The Hall–Kier alpha value is -1.39. The summed E-state index contributed by atoms with van der Waals surface area (Å²) in [7, 11) is 0. The van der Waals surface area contributed by atoms with Gasteiger partial charge in [0.15, 0.2) is 0 Å². The minimum Gasteiger partial charge on any atom is -0.381 e. The Labute approximate surface area is 95.5 Å². The number of hydrogen-bond acceptors (Lipinski definition) is 3. The Morgan fingerprint density at radius 3 is 2.50 bits per heavy atom. The quantitative estimate of drug-likeness (QED) is 0.690. The number of nitrogens with one attached hydrogen (secondary N) is 1. The van der Waals surface area contributed by atoms with Gasteiger partial charge >= 0.3 is 0 Å². The van der Waals surface area contributed by atoms with Crippen LogP contribution in [-0.4, -0.2) is 22.7 Å². The smallest absolute Gasteiger partial charge is 0.251 e. The van der Waals surface area contributed by atoms with Gasteiger partial charge in [-0.25, -0.2) is 0 Å². The summed E-state index contributed by atoms with van der Waals surface area (Å²) in [6.45, 7) is 3.62. The number of amides is 1. The topological polar surface area (TPSA) is 75.3 Å². The molecular weight excluding hydrogens is 204 g/mol. The Bertz CT molecular complexity index is 344. The maximum absolute atomic E-state index is 11.5. The highest BCUT2D eigenvalue weighted by Crippen LogP contribution is 2.05. The van der Waals surface area contributed by atoms with E-state index >= 15 is 0 Å². The van der Waals surface area contributed by atoms with Crippen molar-refractivity contribution < 1.29 is 9.90 Å². The van der Waals surface area contributed by atoms with Crippen LogP contribution in [0.15, 0.2) is 30.3 Å². The monoisotopic (exact) mass is 222 g/mol. The van der Waals surface area contributed by atoms with E-state index in [1.165, 1.54) is 0 Å². The first-order valence-corrected chi connectivity index (χ1v) is 5.20. The largest absolute Gasteiger partial charge is 0.381 e. The van der Waals surface area contributed by atoms with Crippen molar-refractivity contribution in [3.8, 4) is 0 Å². The van der Waals surface area contributed by atoms with Gasteiger partial charge in [0, 0.05) is 12.1 Å². The van der Waals surface area contributed by atoms with Crippen LogP contribution < -0.4 is 11.1 Å². The van der Waals surface area contributed by atoms with Gasteiger partial charge in [0.1, 0.15) is 6.10 Å². The minimum absolute atomic E-state index is 0.396. The molecule has 0 aliphatic rings. The van der Waals surface area contributed by atoms with Gasteiger partial charge in [-0.05, 0) is 19.4 Å². The second-order valence-corrected chi connectivity index (χ2v) is 4.43. The maximum Gasteiger partial charge on any atom is 0.251 e. The first-order chi connectivity index (χ1) is 7.41. The van der Waals surface area contributed by atoms with Crippen LogP contribution in [0.3, 0.4) is 0 Å². The molecule has 16 heavy (non-hydrogen) atoms. The van der Waals surface area contributed by atoms with Crippen molar-refractivity contribution in [2.75, 3.05) is 0 Å². The summed E-state index contributed by atoms with van der Waals surface area (Å²) in [6.07, 6.45) is -1.20. The zero-order valence-electron chi connectivity index (χ0n) is 9.60. The molecule has 88 valence electrons. The van der Waals surface area contributed by atoms with E-state index in [1.807, 2.05) is 30.3 Å². The fourth-order valence-electron chi connectivity index (χ4n) is 1.22. The average molecular weight is 222 g/mol. The Morgan fingerprint density at radius 2 is 2.00 bits per heavy atom. The number of benzene rings is 1. The molecule has 1 aromatic carbocycles. The first kappa shape index (κ1) is 12.7. The van der Waals surface area contributed by atoms with Crippen molar-refractivity contribution in [3.63, 3.8) is 0 Å². The Kier molecular flexibility index (Phi) is 4.04. The van der Waals surface area contributed by atoms with Crippen LogP contribution in [0.4, 0.5) is 0 Å². The lowest BCUT2D eigenvalue weighted by Gasteiger charge is -2.24. The zero-order valence-corrected chi connectivity index (χ0v) is 9.60. The van der Waals surface area contributed by atoms with Gasteiger partial charge in [0.25, 0.3) is 5.91 Å². The molecule has 1 unspecified atom stereocenters. The third-order valence-electron chi connectivity index (χ3n) is 2.26. The lowest BCUT2D eigenvalue weighted by atomic mass is 9.98. The molecule has 0 saturated carbocycles. The van der Waals surface area contributed by atoms with E-state index in [1.54, 1.807) is 13.8 Å². The van der Waals surface area contributed by atoms with Gasteiger partial charge in [-0.3, -0.25) is 4.79 Å². The SMILES string of the molecule is CC(C)(N)C(O)C(=O)NCc1ccccc1. The molecule has 0 heterocycles. The summed E-state index contributed by atoms with van der Waals surface area (Å²) >= 11 is 0. The van der Waals surface area contributed by atoms with Crippen molar-refractivity contribution in [2.45, 2.75) is 32.0 Å². The second kappa shape index (κ2) is 5.09. The van der Waals surface area contributed by atoms with Crippen molar-refractivity contribution in [2.24, 2.45) is 5.73 Å². The molecule has 0 aliphatic heterocycles. The Morgan fingerprint density at radius 1 is 1.44 bits per heavy atom. The molecule has 0 bridgehead atoms. The van der Waals surface area contributed by atoms with Crippen LogP contribution in [0.5, 0.6) is 0 Å². The maximum atomic E-state index is 11.5. The van der Waals surface area contributed by atoms with Crippen LogP contribution in [0.25, 0.3) is 0 Å². The number of aliphatic hydroxyl groups is 1. The molecule has 0 aliphatic carbocycles. The molecule has 1 amide bonds. The number of carbonyl (C=O) groups is 1. The number of rotatable bonds is 4. The number of carbonyl (C=O) groups excluding carboxylic acids is 1. The molecule has 0 saturated heterocycles. The Balaban J connectivity index is 2.48. The molecule has 1 aromatic rings. The van der Waals surface area contributed by atoms with E-state index in [0.717, 1.165) is 5.56 Å². The molecule has 4 nitrogen and oxygen atoms in total. The van der Waals surface area contributed by atoms with Gasteiger partial charge < -0.3 is 16.2 Å². The fourth-order valence-corrected chi connectivity index (χ4v) is 1.22. The van der Waals surface area contributed by atoms with E-state index in [0.29, 0.717) is 6.54 Å². The standard InChI is InChI=1S/C12H18N2O2/c1-12(2,13)10(15)11(16)14-8-9-6-4-3-5-7-9/h3-7,10,15H,8,13H2,1-2H3,(H,14,16). The predicted molar refractivity (Wildman–Crippen MR) is 62.6 cm³/mol. The van der Waals surface area contributed by atoms with E-state index in [-0.39, 0.29) is 0 Å². The molecule has 4 N–H and O–H groups in total. The van der Waals surface area contributed by atoms with Gasteiger partial charge in [-0.2, -0.15) is 0 Å². The lowest BCUT2D eigenvalue weighted by Crippen LogP contribution is -2.53. The first-order valence-electron chi connectivity index (χ1n) is 5.20. The zero-order chi connectivity index (χ0) is 12.2. The molecule has 0 radical (unpaired) electrons. The summed E-state index contributed by atoms with van der Waals surface area (Å²) in [4.78, 5) is 11.5. The van der Waals surface area contributed by atoms with Gasteiger partial charge in [-0.1, -0.05) is 30.3 Å². The molecule has 1 atom stereocenters. The van der Waals surface area contributed by atoms with Crippen LogP contribution in [0.1, 0.15) is 19.4 Å². The normalized spacial score (nSPS) is 13.2. The highest BCUT2D eigenvalue weighted by atomic mass is 16.3. The van der Waals surface area contributed by atoms with Crippen molar-refractivity contribution >= 4 is 5.91 Å². The summed E-state index contributed by atoms with van der Waals surface area (Å²) in [5.74, 6) is -0.448. The molecule has 0 aromatic heterocycles. The number of hydrogen-bond donors (Lipinski definition) is 3. The lowest BCUT2D eigenvalue weighted by molar-refractivity contribution is -0.132. The number of aliphatic hydroxyl groups excluding tert-OH is 1. The highest BCUT2D eigenvalue weighted by molar-refractivity contribution is 5.81. The van der Waals surface area contributed by atoms with Gasteiger partial charge in [0.2, 0.25) is 0 Å². The highest BCUT2D eigenvalue weighted by Gasteiger charge is 2.29. The van der Waals surface area contributed by atoms with Crippen LogP contribution >= 0.6 is 0 Å². The van der Waals surface area contributed by atoms with Crippen LogP contribution in [-0.2, 0) is 11.3 Å². The molecule has 0 fully saturated rings. The molecule has 0 spiro atoms.